The molecule has 2 unspecified atom stereocenters. The van der Waals surface area contributed by atoms with Crippen LogP contribution in [-0.4, -0.2) is 44.2 Å². The van der Waals surface area contributed by atoms with Gasteiger partial charge in [0.15, 0.2) is 0 Å². The van der Waals surface area contributed by atoms with Crippen LogP contribution in [0.4, 0.5) is 4.79 Å². The van der Waals surface area contributed by atoms with Gasteiger partial charge >= 0.3 is 0 Å². The number of quaternary nitrogens is 1. The van der Waals surface area contributed by atoms with E-state index in [1.807, 2.05) is 5.32 Å². The second kappa shape index (κ2) is 9.11. The van der Waals surface area contributed by atoms with Gasteiger partial charge in [-0.05, 0) is 13.8 Å². The van der Waals surface area contributed by atoms with Crippen LogP contribution in [0, 0.1) is 0 Å². The number of carbonyl (C=O) groups excluding carboxylic acids is 2. The van der Waals surface area contributed by atoms with Crippen molar-refractivity contribution < 1.29 is 24.7 Å². The third-order valence-electron chi connectivity index (χ3n) is 2.04. The number of morpholine rings is 1. The monoisotopic (exact) mass is 232 g/mol. The fourth-order valence-electron chi connectivity index (χ4n) is 1.18. The Balaban J connectivity index is 0.000000288. The maximum absolute atomic E-state index is 9.75. The van der Waals surface area contributed by atoms with Gasteiger partial charge in [0.1, 0.15) is 25.0 Å². The summed E-state index contributed by atoms with van der Waals surface area (Å²) in [5, 5.41) is 14.1. The lowest BCUT2D eigenvalue weighted by atomic mass is 10.3. The highest BCUT2D eigenvalue weighted by atomic mass is 16.5. The van der Waals surface area contributed by atoms with Crippen LogP contribution in [0.2, 0.25) is 0 Å². The molecule has 0 aromatic rings. The summed E-state index contributed by atoms with van der Waals surface area (Å²) < 4.78 is 5.25. The van der Waals surface area contributed by atoms with Crippen LogP contribution in [0.3, 0.4) is 0 Å². The molecule has 16 heavy (non-hydrogen) atoms. The van der Waals surface area contributed by atoms with Crippen LogP contribution < -0.4 is 15.7 Å². The molecule has 1 heterocycles. The van der Waals surface area contributed by atoms with Crippen molar-refractivity contribution in [1.82, 2.24) is 5.32 Å². The molecule has 6 heteroatoms. The summed E-state index contributed by atoms with van der Waals surface area (Å²) in [5.41, 5.74) is 0. The molecule has 2 atom stereocenters. The van der Waals surface area contributed by atoms with Gasteiger partial charge in [-0.15, -0.1) is 0 Å². The summed E-state index contributed by atoms with van der Waals surface area (Å²) in [6.45, 7) is 6.91. The van der Waals surface area contributed by atoms with Crippen LogP contribution in [0.15, 0.2) is 0 Å². The van der Waals surface area contributed by atoms with Crippen LogP contribution in [0.1, 0.15) is 20.3 Å². The van der Waals surface area contributed by atoms with Crippen LogP contribution in [-0.2, 0) is 9.53 Å². The van der Waals surface area contributed by atoms with Crippen molar-refractivity contribution in [2.45, 2.75) is 32.4 Å². The average Bonchev–Trinajstić information content (AvgIpc) is 2.18. The first kappa shape index (κ1) is 14.9. The molecule has 0 aromatic carbocycles. The Labute approximate surface area is 95.4 Å². The molecule has 1 amide bonds. The Bertz CT molecular complexity index is 205. The number of nitrogens with one attached hydrogen (secondary N) is 1. The average molecular weight is 232 g/mol. The highest BCUT2D eigenvalue weighted by Crippen LogP contribution is 1.86. The van der Waals surface area contributed by atoms with E-state index < -0.39 is 6.09 Å². The Hall–Kier alpha value is -1.14. The minimum atomic E-state index is -1.34. The molecule has 0 aliphatic carbocycles. The molecule has 94 valence electrons. The largest absolute Gasteiger partial charge is 0.530 e. The number of rotatable bonds is 3. The molecule has 3 N–H and O–H groups in total. The van der Waals surface area contributed by atoms with Crippen LogP contribution in [0.25, 0.3) is 0 Å². The Morgan fingerprint density at radius 2 is 2.44 bits per heavy atom. The summed E-state index contributed by atoms with van der Waals surface area (Å²) in [5.74, 6) is 0. The Morgan fingerprint density at radius 1 is 1.75 bits per heavy atom. The zero-order chi connectivity index (χ0) is 12.4. The van der Waals surface area contributed by atoms with Crippen LogP contribution >= 0.6 is 0 Å². The fourth-order valence-corrected chi connectivity index (χ4v) is 1.18. The van der Waals surface area contributed by atoms with E-state index in [4.69, 9.17) is 4.74 Å². The van der Waals surface area contributed by atoms with Gasteiger partial charge in [0.2, 0.25) is 0 Å². The Kier molecular flexibility index (Phi) is 8.46. The van der Waals surface area contributed by atoms with Crippen molar-refractivity contribution in [2.24, 2.45) is 0 Å². The third-order valence-corrected chi connectivity index (χ3v) is 2.04. The van der Waals surface area contributed by atoms with Gasteiger partial charge in [-0.25, -0.2) is 0 Å². The van der Waals surface area contributed by atoms with Crippen molar-refractivity contribution in [3.05, 3.63) is 0 Å². The zero-order valence-corrected chi connectivity index (χ0v) is 9.77. The van der Waals surface area contributed by atoms with Gasteiger partial charge in [0.05, 0.1) is 13.2 Å². The van der Waals surface area contributed by atoms with Crippen molar-refractivity contribution in [2.75, 3.05) is 19.7 Å². The van der Waals surface area contributed by atoms with Gasteiger partial charge in [0, 0.05) is 12.5 Å². The van der Waals surface area contributed by atoms with Crippen LogP contribution in [0.5, 0.6) is 0 Å². The summed E-state index contributed by atoms with van der Waals surface area (Å²) in [6.07, 6.45) is -0.0210. The lowest BCUT2D eigenvalue weighted by molar-refractivity contribution is -0.676. The number of hydrogen-bond acceptors (Lipinski definition) is 4. The standard InChI is InChI=1S/C5H9NO3.C5H11NO/c1-4(2-3-7)6-5(8)9;1-5-4-6-2-3-7-5/h3-4,6H,2H2,1H3,(H,8,9);5-6H,2-4H2,1H3. The summed E-state index contributed by atoms with van der Waals surface area (Å²) in [7, 11) is 0. The van der Waals surface area contributed by atoms with Crippen molar-refractivity contribution in [3.63, 3.8) is 0 Å². The molecular weight excluding hydrogens is 212 g/mol. The van der Waals surface area contributed by atoms with E-state index in [9.17, 15) is 14.7 Å². The quantitative estimate of drug-likeness (QED) is 0.543. The molecule has 0 bridgehead atoms. The van der Waals surface area contributed by atoms with E-state index in [1.54, 1.807) is 6.92 Å². The molecule has 1 rings (SSSR count). The van der Waals surface area contributed by atoms with Gasteiger partial charge in [-0.1, -0.05) is 0 Å². The Morgan fingerprint density at radius 3 is 2.75 bits per heavy atom. The number of hydrogen-bond donors (Lipinski definition) is 2. The number of ether oxygens (including phenoxy) is 1. The number of carboxylic acid groups (broad SMARTS) is 1. The minimum Gasteiger partial charge on any atom is -0.530 e. The molecule has 6 nitrogen and oxygen atoms in total. The highest BCUT2D eigenvalue weighted by molar-refractivity contribution is 5.63. The van der Waals surface area contributed by atoms with Gasteiger partial charge in [-0.2, -0.15) is 0 Å². The first-order valence-electron chi connectivity index (χ1n) is 5.40. The second-order valence-electron chi connectivity index (χ2n) is 3.73. The zero-order valence-electron chi connectivity index (χ0n) is 9.77. The van der Waals surface area contributed by atoms with E-state index in [0.29, 0.717) is 12.4 Å². The first-order valence-corrected chi connectivity index (χ1v) is 5.40. The van der Waals surface area contributed by atoms with Gasteiger partial charge in [0.25, 0.3) is 0 Å². The first-order chi connectivity index (χ1) is 7.56. The van der Waals surface area contributed by atoms with E-state index >= 15 is 0 Å². The van der Waals surface area contributed by atoms with E-state index in [1.165, 1.54) is 0 Å². The molecule has 0 spiro atoms. The molecule has 0 saturated carbocycles. The molecule has 0 aromatic heterocycles. The second-order valence-corrected chi connectivity index (χ2v) is 3.73. The molecule has 1 aliphatic rings. The molecule has 0 radical (unpaired) electrons. The summed E-state index contributed by atoms with van der Waals surface area (Å²) in [4.78, 5) is 19.5. The topological polar surface area (TPSA) is 95.1 Å². The van der Waals surface area contributed by atoms with Gasteiger partial charge in [-0.3, -0.25) is 0 Å². The normalized spacial score (nSPS) is 21.2. The van der Waals surface area contributed by atoms with Gasteiger partial charge < -0.3 is 30.1 Å². The third kappa shape index (κ3) is 9.42. The number of nitrogens with two attached hydrogens (primary N) is 1. The summed E-state index contributed by atoms with van der Waals surface area (Å²) in [6, 6.07) is -0.340. The smallest absolute Gasteiger partial charge is 0.134 e. The number of carbonyl (C=O) groups is 2. The maximum atomic E-state index is 9.75. The number of amides is 1. The maximum Gasteiger partial charge on any atom is 0.134 e. The van der Waals surface area contributed by atoms with Crippen molar-refractivity contribution in [3.8, 4) is 0 Å². The molecule has 1 fully saturated rings. The lowest BCUT2D eigenvalue weighted by Crippen LogP contribution is -2.89. The molecule has 1 aliphatic heterocycles. The highest BCUT2D eigenvalue weighted by Gasteiger charge is 2.08. The fraction of sp³-hybridized carbons (Fsp3) is 0.800. The lowest BCUT2D eigenvalue weighted by Gasteiger charge is -2.15. The predicted octanol–water partition coefficient (Wildman–Crippen LogP) is -2.13. The molecular formula is C10H20N2O4. The van der Waals surface area contributed by atoms with Crippen molar-refractivity contribution in [1.29, 1.82) is 0 Å². The van der Waals surface area contributed by atoms with E-state index in [2.05, 4.69) is 12.2 Å². The number of aldehydes is 1. The van der Waals surface area contributed by atoms with E-state index in [-0.39, 0.29) is 12.5 Å². The molecule has 1 saturated heterocycles. The summed E-state index contributed by atoms with van der Waals surface area (Å²) >= 11 is 0. The predicted molar refractivity (Wildman–Crippen MR) is 55.7 cm³/mol. The van der Waals surface area contributed by atoms with E-state index in [0.717, 1.165) is 19.7 Å². The van der Waals surface area contributed by atoms with Crippen molar-refractivity contribution >= 4 is 12.4 Å². The SMILES string of the molecule is CC(CC=O)NC(=O)[O-].CC1C[NH2+]CCO1. The minimum absolute atomic E-state index is 0.188.